The maximum atomic E-state index is 13.3. The van der Waals surface area contributed by atoms with E-state index in [1.807, 2.05) is 5.01 Å². The van der Waals surface area contributed by atoms with Crippen molar-refractivity contribution in [3.8, 4) is 11.3 Å². The molecule has 1 aliphatic rings. The van der Waals surface area contributed by atoms with Gasteiger partial charge < -0.3 is 14.0 Å². The van der Waals surface area contributed by atoms with Crippen LogP contribution in [0, 0.1) is 12.7 Å². The summed E-state index contributed by atoms with van der Waals surface area (Å²) in [6, 6.07) is 7.62. The third-order valence-electron chi connectivity index (χ3n) is 4.60. The molecule has 1 N–H and O–H groups in total. The highest BCUT2D eigenvalue weighted by molar-refractivity contribution is 5.93. The highest BCUT2D eigenvalue weighted by atomic mass is 19.1. The van der Waals surface area contributed by atoms with Gasteiger partial charge in [-0.3, -0.25) is 10.2 Å². The predicted octanol–water partition coefficient (Wildman–Crippen LogP) is 2.14. The molecule has 28 heavy (non-hydrogen) atoms. The van der Waals surface area contributed by atoms with Crippen LogP contribution < -0.4 is 5.43 Å². The van der Waals surface area contributed by atoms with Crippen LogP contribution in [-0.4, -0.2) is 54.4 Å². The van der Waals surface area contributed by atoms with Crippen LogP contribution in [0.3, 0.4) is 0 Å². The molecule has 2 aromatic rings. The summed E-state index contributed by atoms with van der Waals surface area (Å²) in [5.74, 6) is -1.01. The molecule has 2 heterocycles. The number of rotatable bonds is 6. The molecule has 0 saturated carbocycles. The molecule has 1 fully saturated rings. The lowest BCUT2D eigenvalue weighted by Crippen LogP contribution is -2.49. The Labute approximate surface area is 163 Å². The van der Waals surface area contributed by atoms with Gasteiger partial charge in [-0.2, -0.15) is 0 Å². The highest BCUT2D eigenvalue weighted by Gasteiger charge is 2.22. The van der Waals surface area contributed by atoms with E-state index < -0.39 is 5.97 Å². The van der Waals surface area contributed by atoms with Gasteiger partial charge in [-0.15, -0.1) is 0 Å². The average molecular weight is 389 g/mol. The number of morpholine rings is 1. The first-order valence-electron chi connectivity index (χ1n) is 9.25. The number of carbonyl (C=O) groups excluding carboxylic acids is 2. The number of carbonyl (C=O) groups is 2. The number of hydrogen-bond acceptors (Lipinski definition) is 5. The van der Waals surface area contributed by atoms with Crippen LogP contribution in [0.4, 0.5) is 4.39 Å². The van der Waals surface area contributed by atoms with Crippen molar-refractivity contribution in [3.63, 3.8) is 0 Å². The summed E-state index contributed by atoms with van der Waals surface area (Å²) < 4.78 is 25.5. The second-order valence-corrected chi connectivity index (χ2v) is 6.48. The van der Waals surface area contributed by atoms with E-state index in [4.69, 9.17) is 9.47 Å². The Balaban J connectivity index is 1.89. The van der Waals surface area contributed by atoms with Crippen molar-refractivity contribution in [1.29, 1.82) is 0 Å². The third-order valence-corrected chi connectivity index (χ3v) is 4.60. The molecule has 1 saturated heterocycles. The molecule has 8 heteroatoms. The lowest BCUT2D eigenvalue weighted by atomic mass is 10.1. The summed E-state index contributed by atoms with van der Waals surface area (Å²) in [6.07, 6.45) is 0. The molecular weight excluding hydrogens is 365 g/mol. The number of hydrogen-bond donors (Lipinski definition) is 1. The quantitative estimate of drug-likeness (QED) is 0.767. The van der Waals surface area contributed by atoms with Gasteiger partial charge in [0.25, 0.3) is 5.91 Å². The zero-order valence-electron chi connectivity index (χ0n) is 16.0. The average Bonchev–Trinajstić information content (AvgIpc) is 3.00. The number of halogens is 1. The summed E-state index contributed by atoms with van der Waals surface area (Å²) in [7, 11) is 0. The van der Waals surface area contributed by atoms with Crippen LogP contribution >= 0.6 is 0 Å². The SMILES string of the molecule is CCOC(=O)c1cc(-c2ccc(F)cc2)n(CC(=O)NN2CCOCC2)c1C. The number of benzene rings is 1. The number of ether oxygens (including phenoxy) is 2. The summed E-state index contributed by atoms with van der Waals surface area (Å²) in [4.78, 5) is 24.9. The van der Waals surface area contributed by atoms with Gasteiger partial charge in [-0.05, 0) is 49.7 Å². The first-order valence-corrected chi connectivity index (χ1v) is 9.25. The molecule has 1 aliphatic heterocycles. The second kappa shape index (κ2) is 8.99. The molecule has 0 spiro atoms. The van der Waals surface area contributed by atoms with Crippen LogP contribution in [0.25, 0.3) is 11.3 Å². The van der Waals surface area contributed by atoms with Crippen LogP contribution in [0.15, 0.2) is 30.3 Å². The molecule has 0 radical (unpaired) electrons. The van der Waals surface area contributed by atoms with E-state index in [1.54, 1.807) is 36.6 Å². The minimum atomic E-state index is -0.448. The van der Waals surface area contributed by atoms with E-state index in [0.29, 0.717) is 48.8 Å². The molecule has 150 valence electrons. The zero-order chi connectivity index (χ0) is 20.1. The van der Waals surface area contributed by atoms with Crippen molar-refractivity contribution < 1.29 is 23.5 Å². The number of hydrazine groups is 1. The summed E-state index contributed by atoms with van der Waals surface area (Å²) in [5.41, 5.74) is 5.23. The number of nitrogens with one attached hydrogen (secondary N) is 1. The summed E-state index contributed by atoms with van der Waals surface area (Å²) >= 11 is 0. The van der Waals surface area contributed by atoms with Gasteiger partial charge in [-0.1, -0.05) is 0 Å². The van der Waals surface area contributed by atoms with Crippen molar-refractivity contribution in [2.75, 3.05) is 32.9 Å². The number of aromatic nitrogens is 1. The Bertz CT molecular complexity index is 842. The maximum absolute atomic E-state index is 13.3. The van der Waals surface area contributed by atoms with Gasteiger partial charge in [0.05, 0.1) is 25.4 Å². The fraction of sp³-hybridized carbons (Fsp3) is 0.400. The second-order valence-electron chi connectivity index (χ2n) is 6.48. The van der Waals surface area contributed by atoms with Gasteiger partial charge >= 0.3 is 5.97 Å². The van der Waals surface area contributed by atoms with Gasteiger partial charge in [0.15, 0.2) is 0 Å². The largest absolute Gasteiger partial charge is 0.462 e. The van der Waals surface area contributed by atoms with Crippen LogP contribution in [0.1, 0.15) is 23.0 Å². The predicted molar refractivity (Wildman–Crippen MR) is 101 cm³/mol. The fourth-order valence-electron chi connectivity index (χ4n) is 3.15. The van der Waals surface area contributed by atoms with Crippen molar-refractivity contribution in [3.05, 3.63) is 47.4 Å². The first-order chi connectivity index (χ1) is 13.5. The molecule has 7 nitrogen and oxygen atoms in total. The highest BCUT2D eigenvalue weighted by Crippen LogP contribution is 2.27. The van der Waals surface area contributed by atoms with Crippen LogP contribution in [-0.2, 0) is 20.8 Å². The fourth-order valence-corrected chi connectivity index (χ4v) is 3.15. The Hall–Kier alpha value is -2.71. The molecule has 3 rings (SSSR count). The smallest absolute Gasteiger partial charge is 0.339 e. The van der Waals surface area contributed by atoms with E-state index in [2.05, 4.69) is 5.43 Å². The number of esters is 1. The van der Waals surface area contributed by atoms with E-state index in [9.17, 15) is 14.0 Å². The van der Waals surface area contributed by atoms with Crippen molar-refractivity contribution >= 4 is 11.9 Å². The van der Waals surface area contributed by atoms with Crippen molar-refractivity contribution in [2.45, 2.75) is 20.4 Å². The van der Waals surface area contributed by atoms with Crippen molar-refractivity contribution in [1.82, 2.24) is 15.0 Å². The Kier molecular flexibility index (Phi) is 6.43. The molecule has 0 unspecified atom stereocenters. The summed E-state index contributed by atoms with van der Waals surface area (Å²) in [5, 5.41) is 1.81. The molecule has 1 aromatic heterocycles. The van der Waals surface area contributed by atoms with Gasteiger partial charge in [-0.25, -0.2) is 14.2 Å². The minimum Gasteiger partial charge on any atom is -0.462 e. The van der Waals surface area contributed by atoms with Crippen molar-refractivity contribution in [2.24, 2.45) is 0 Å². The molecule has 0 aliphatic carbocycles. The van der Waals surface area contributed by atoms with Crippen LogP contribution in [0.2, 0.25) is 0 Å². The van der Waals surface area contributed by atoms with E-state index in [1.165, 1.54) is 12.1 Å². The Morgan fingerprint density at radius 3 is 2.54 bits per heavy atom. The maximum Gasteiger partial charge on any atom is 0.339 e. The first kappa shape index (κ1) is 20.0. The van der Waals surface area contributed by atoms with Gasteiger partial charge in [0.2, 0.25) is 0 Å². The topological polar surface area (TPSA) is 72.8 Å². The van der Waals surface area contributed by atoms with E-state index in [-0.39, 0.29) is 24.9 Å². The Morgan fingerprint density at radius 2 is 1.89 bits per heavy atom. The minimum absolute atomic E-state index is 0.0231. The number of nitrogens with zero attached hydrogens (tertiary/aromatic N) is 2. The standard InChI is InChI=1S/C20H24FN3O4/c1-3-28-20(26)17-12-18(15-4-6-16(21)7-5-15)24(14(17)2)13-19(25)22-23-8-10-27-11-9-23/h4-7,12H,3,8-11,13H2,1-2H3,(H,22,25). The van der Waals surface area contributed by atoms with Gasteiger partial charge in [0.1, 0.15) is 12.4 Å². The molecular formula is C20H24FN3O4. The summed E-state index contributed by atoms with van der Waals surface area (Å²) in [6.45, 7) is 6.16. The zero-order valence-corrected chi connectivity index (χ0v) is 16.0. The normalized spacial score (nSPS) is 14.7. The molecule has 0 atom stereocenters. The lowest BCUT2D eigenvalue weighted by molar-refractivity contribution is -0.128. The molecule has 1 amide bonds. The third kappa shape index (κ3) is 4.58. The number of amides is 1. The molecule has 0 bridgehead atoms. The molecule has 1 aromatic carbocycles. The van der Waals surface area contributed by atoms with E-state index in [0.717, 1.165) is 0 Å². The van der Waals surface area contributed by atoms with Crippen LogP contribution in [0.5, 0.6) is 0 Å². The Morgan fingerprint density at radius 1 is 1.21 bits per heavy atom. The van der Waals surface area contributed by atoms with Gasteiger partial charge in [0, 0.05) is 24.5 Å². The monoisotopic (exact) mass is 389 g/mol. The van der Waals surface area contributed by atoms with E-state index >= 15 is 0 Å². The lowest BCUT2D eigenvalue weighted by Gasteiger charge is -2.27.